The monoisotopic (exact) mass is 298 g/mol. The highest BCUT2D eigenvalue weighted by Crippen LogP contribution is 2.16. The molecule has 1 aromatic heterocycles. The van der Waals surface area contributed by atoms with Crippen LogP contribution in [0.1, 0.15) is 65.3 Å². The third-order valence-corrected chi connectivity index (χ3v) is 2.99. The van der Waals surface area contributed by atoms with Gasteiger partial charge in [0.2, 0.25) is 0 Å². The van der Waals surface area contributed by atoms with E-state index in [-0.39, 0.29) is 0 Å². The van der Waals surface area contributed by atoms with Gasteiger partial charge >= 0.3 is 5.97 Å². The van der Waals surface area contributed by atoms with E-state index < -0.39 is 18.2 Å². The predicted molar refractivity (Wildman–Crippen MR) is 77.7 cm³/mol. The molecule has 0 aliphatic carbocycles. The standard InChI is InChI=1S/C15H26N2O4/c1-6-7-13-16-14(21-17-13)11(4)20-15(18)12(5)19-9-8-10(2)3/h10-12H,6-9H2,1-5H3. The van der Waals surface area contributed by atoms with E-state index in [4.69, 9.17) is 14.0 Å². The van der Waals surface area contributed by atoms with Gasteiger partial charge in [0.05, 0.1) is 0 Å². The van der Waals surface area contributed by atoms with Gasteiger partial charge in [-0.1, -0.05) is 25.9 Å². The van der Waals surface area contributed by atoms with Crippen molar-refractivity contribution in [1.82, 2.24) is 10.1 Å². The van der Waals surface area contributed by atoms with E-state index >= 15 is 0 Å². The van der Waals surface area contributed by atoms with Crippen LogP contribution in [0, 0.1) is 5.92 Å². The zero-order valence-electron chi connectivity index (χ0n) is 13.6. The molecule has 21 heavy (non-hydrogen) atoms. The quantitative estimate of drug-likeness (QED) is 0.652. The molecule has 0 amide bonds. The van der Waals surface area contributed by atoms with Crippen LogP contribution in [0.4, 0.5) is 0 Å². The van der Waals surface area contributed by atoms with E-state index in [1.165, 1.54) is 0 Å². The van der Waals surface area contributed by atoms with Crippen molar-refractivity contribution >= 4 is 5.97 Å². The fourth-order valence-electron chi connectivity index (χ4n) is 1.63. The molecule has 1 heterocycles. The molecule has 6 heteroatoms. The summed E-state index contributed by atoms with van der Waals surface area (Å²) in [6.45, 7) is 10.2. The fraction of sp³-hybridized carbons (Fsp3) is 0.800. The van der Waals surface area contributed by atoms with Crippen molar-refractivity contribution in [3.05, 3.63) is 11.7 Å². The third kappa shape index (κ3) is 6.25. The summed E-state index contributed by atoms with van der Waals surface area (Å²) in [6.07, 6.45) is 1.44. The summed E-state index contributed by atoms with van der Waals surface area (Å²) >= 11 is 0. The van der Waals surface area contributed by atoms with Crippen LogP contribution in [0.15, 0.2) is 4.52 Å². The van der Waals surface area contributed by atoms with Gasteiger partial charge in [0.25, 0.3) is 5.89 Å². The molecule has 0 spiro atoms. The maximum Gasteiger partial charge on any atom is 0.335 e. The Morgan fingerprint density at radius 2 is 2.00 bits per heavy atom. The van der Waals surface area contributed by atoms with Crippen molar-refractivity contribution in [2.24, 2.45) is 5.92 Å². The molecule has 0 N–H and O–H groups in total. The molecule has 120 valence electrons. The number of ether oxygens (including phenoxy) is 2. The maximum absolute atomic E-state index is 11.9. The lowest BCUT2D eigenvalue weighted by Gasteiger charge is -2.15. The topological polar surface area (TPSA) is 74.5 Å². The SMILES string of the molecule is CCCc1noc(C(C)OC(=O)C(C)OCCC(C)C)n1. The van der Waals surface area contributed by atoms with E-state index in [2.05, 4.69) is 24.0 Å². The Labute approximate surface area is 126 Å². The molecule has 0 aromatic carbocycles. The Morgan fingerprint density at radius 1 is 1.29 bits per heavy atom. The van der Waals surface area contributed by atoms with Gasteiger partial charge in [0.1, 0.15) is 0 Å². The van der Waals surface area contributed by atoms with E-state index in [0.717, 1.165) is 19.3 Å². The smallest absolute Gasteiger partial charge is 0.335 e. The minimum absolute atomic E-state index is 0.321. The lowest BCUT2D eigenvalue weighted by molar-refractivity contribution is -0.162. The Hall–Kier alpha value is -1.43. The Bertz CT molecular complexity index is 431. The maximum atomic E-state index is 11.9. The first-order valence-electron chi connectivity index (χ1n) is 7.58. The largest absolute Gasteiger partial charge is 0.451 e. The van der Waals surface area contributed by atoms with Crippen LogP contribution in [-0.2, 0) is 20.7 Å². The lowest BCUT2D eigenvalue weighted by Crippen LogP contribution is -2.25. The van der Waals surface area contributed by atoms with Crippen LogP contribution in [-0.4, -0.2) is 28.8 Å². The van der Waals surface area contributed by atoms with Crippen LogP contribution >= 0.6 is 0 Å². The number of nitrogens with zero attached hydrogens (tertiary/aromatic N) is 2. The van der Waals surface area contributed by atoms with Crippen molar-refractivity contribution in [3.63, 3.8) is 0 Å². The molecule has 0 fully saturated rings. The first-order chi connectivity index (χ1) is 9.93. The summed E-state index contributed by atoms with van der Waals surface area (Å²) in [6, 6.07) is 0. The Kier molecular flexibility index (Phi) is 7.36. The van der Waals surface area contributed by atoms with Crippen LogP contribution in [0.25, 0.3) is 0 Å². The Morgan fingerprint density at radius 3 is 2.62 bits per heavy atom. The summed E-state index contributed by atoms with van der Waals surface area (Å²) in [4.78, 5) is 16.1. The average molecular weight is 298 g/mol. The molecule has 6 nitrogen and oxygen atoms in total. The molecule has 1 rings (SSSR count). The van der Waals surface area contributed by atoms with Crippen molar-refractivity contribution < 1.29 is 18.8 Å². The molecular formula is C15H26N2O4. The molecule has 1 aromatic rings. The number of rotatable bonds is 9. The summed E-state index contributed by atoms with van der Waals surface area (Å²) in [5.74, 6) is 1.09. The molecule has 2 atom stereocenters. The highest BCUT2D eigenvalue weighted by atomic mass is 16.6. The van der Waals surface area contributed by atoms with Gasteiger partial charge in [-0.25, -0.2) is 4.79 Å². The normalized spacial score (nSPS) is 14.2. The second kappa shape index (κ2) is 8.77. The number of carbonyl (C=O) groups is 1. The predicted octanol–water partition coefficient (Wildman–Crippen LogP) is 3.08. The zero-order chi connectivity index (χ0) is 15.8. The lowest BCUT2D eigenvalue weighted by atomic mass is 10.1. The van der Waals surface area contributed by atoms with Crippen molar-refractivity contribution in [2.45, 2.75) is 66.1 Å². The minimum Gasteiger partial charge on any atom is -0.451 e. The highest BCUT2D eigenvalue weighted by molar-refractivity contribution is 5.74. The van der Waals surface area contributed by atoms with Crippen LogP contribution in [0.3, 0.4) is 0 Å². The van der Waals surface area contributed by atoms with Crippen LogP contribution < -0.4 is 0 Å². The van der Waals surface area contributed by atoms with E-state index in [1.54, 1.807) is 13.8 Å². The van der Waals surface area contributed by atoms with Gasteiger partial charge in [-0.15, -0.1) is 0 Å². The van der Waals surface area contributed by atoms with Gasteiger partial charge in [0, 0.05) is 13.0 Å². The van der Waals surface area contributed by atoms with Crippen molar-refractivity contribution in [2.75, 3.05) is 6.61 Å². The van der Waals surface area contributed by atoms with E-state index in [0.29, 0.717) is 24.2 Å². The number of carbonyl (C=O) groups excluding carboxylic acids is 1. The number of esters is 1. The van der Waals surface area contributed by atoms with Gasteiger partial charge in [0.15, 0.2) is 18.0 Å². The van der Waals surface area contributed by atoms with E-state index in [1.807, 2.05) is 6.92 Å². The van der Waals surface area contributed by atoms with Crippen LogP contribution in [0.2, 0.25) is 0 Å². The first-order valence-corrected chi connectivity index (χ1v) is 7.58. The van der Waals surface area contributed by atoms with Crippen molar-refractivity contribution in [1.29, 1.82) is 0 Å². The summed E-state index contributed by atoms with van der Waals surface area (Å²) in [5, 5.41) is 3.84. The first kappa shape index (κ1) is 17.6. The molecule has 0 aliphatic rings. The molecule has 0 saturated carbocycles. The zero-order valence-corrected chi connectivity index (χ0v) is 13.6. The molecular weight excluding hydrogens is 272 g/mol. The summed E-state index contributed by atoms with van der Waals surface area (Å²) in [5.41, 5.74) is 0. The van der Waals surface area contributed by atoms with Gasteiger partial charge in [-0.05, 0) is 32.6 Å². The molecule has 0 bridgehead atoms. The van der Waals surface area contributed by atoms with E-state index in [9.17, 15) is 4.79 Å². The average Bonchev–Trinajstić information content (AvgIpc) is 2.87. The second-order valence-corrected chi connectivity index (χ2v) is 5.57. The second-order valence-electron chi connectivity index (χ2n) is 5.57. The number of hydrogen-bond donors (Lipinski definition) is 0. The Balaban J connectivity index is 2.41. The minimum atomic E-state index is -0.593. The number of aryl methyl sites for hydroxylation is 1. The molecule has 0 aliphatic heterocycles. The van der Waals surface area contributed by atoms with Crippen LogP contribution in [0.5, 0.6) is 0 Å². The van der Waals surface area contributed by atoms with Crippen molar-refractivity contribution in [3.8, 4) is 0 Å². The molecule has 2 unspecified atom stereocenters. The number of hydrogen-bond acceptors (Lipinski definition) is 6. The van der Waals surface area contributed by atoms with Gasteiger partial charge in [-0.3, -0.25) is 0 Å². The summed E-state index contributed by atoms with van der Waals surface area (Å²) < 4.78 is 15.8. The fourth-order valence-corrected chi connectivity index (χ4v) is 1.63. The summed E-state index contributed by atoms with van der Waals surface area (Å²) in [7, 11) is 0. The molecule has 0 saturated heterocycles. The highest BCUT2D eigenvalue weighted by Gasteiger charge is 2.22. The van der Waals surface area contributed by atoms with Gasteiger partial charge < -0.3 is 14.0 Å². The molecule has 0 radical (unpaired) electrons. The number of aromatic nitrogens is 2. The third-order valence-electron chi connectivity index (χ3n) is 2.99. The van der Waals surface area contributed by atoms with Gasteiger partial charge in [-0.2, -0.15) is 4.98 Å².